The van der Waals surface area contributed by atoms with Gasteiger partial charge in [-0.25, -0.2) is 4.79 Å². The van der Waals surface area contributed by atoms with Crippen molar-refractivity contribution in [3.63, 3.8) is 0 Å². The van der Waals surface area contributed by atoms with E-state index in [2.05, 4.69) is 46.2 Å². The smallest absolute Gasteiger partial charge is 0.326 e. The lowest BCUT2D eigenvalue weighted by atomic mass is 10.1. The first-order valence-corrected chi connectivity index (χ1v) is 11.1. The average molecular weight is 510 g/mol. The molecule has 0 bridgehead atoms. The zero-order valence-electron chi connectivity index (χ0n) is 17.8. The molecule has 0 heterocycles. The van der Waals surface area contributed by atoms with E-state index in [0.29, 0.717) is 0 Å². The van der Waals surface area contributed by atoms with Crippen LogP contribution in [0.4, 0.5) is 0 Å². The molecule has 0 aromatic rings. The van der Waals surface area contributed by atoms with Gasteiger partial charge >= 0.3 is 11.9 Å². The SMILES string of the molecule is NC(N)=NCCCC(NC(=O)C(CS)NC(=O)C(N)CS)C(=O)NC(CCC(=O)O)C(=O)O. The van der Waals surface area contributed by atoms with Crippen LogP contribution in [0.1, 0.15) is 25.7 Å². The Morgan fingerprint density at radius 2 is 1.36 bits per heavy atom. The number of hydrogen-bond acceptors (Lipinski definition) is 9. The summed E-state index contributed by atoms with van der Waals surface area (Å²) in [5, 5.41) is 25.1. The number of carboxylic acid groups (broad SMARTS) is 2. The highest BCUT2D eigenvalue weighted by atomic mass is 32.1. The van der Waals surface area contributed by atoms with Crippen molar-refractivity contribution in [2.24, 2.45) is 22.2 Å². The molecule has 0 rings (SSSR count). The Morgan fingerprint density at radius 3 is 1.85 bits per heavy atom. The van der Waals surface area contributed by atoms with Gasteiger partial charge in [0, 0.05) is 24.5 Å². The molecule has 0 aromatic carbocycles. The maximum Gasteiger partial charge on any atom is 0.326 e. The van der Waals surface area contributed by atoms with E-state index in [9.17, 15) is 29.1 Å². The minimum Gasteiger partial charge on any atom is -0.481 e. The van der Waals surface area contributed by atoms with Crippen LogP contribution in [-0.2, 0) is 24.0 Å². The number of thiol groups is 2. The number of carbonyl (C=O) groups excluding carboxylic acids is 3. The third-order valence-corrected chi connectivity index (χ3v) is 4.95. The highest BCUT2D eigenvalue weighted by molar-refractivity contribution is 7.80. The molecule has 0 aliphatic rings. The maximum absolute atomic E-state index is 12.7. The summed E-state index contributed by atoms with van der Waals surface area (Å²) in [6.07, 6.45) is -0.589. The van der Waals surface area contributed by atoms with Crippen LogP contribution in [-0.4, -0.2) is 88.1 Å². The number of rotatable bonds is 16. The molecule has 0 spiro atoms. The Hall–Kier alpha value is -2.72. The second kappa shape index (κ2) is 16.0. The van der Waals surface area contributed by atoms with Crippen LogP contribution in [0.5, 0.6) is 0 Å². The number of nitrogens with one attached hydrogen (secondary N) is 3. The summed E-state index contributed by atoms with van der Waals surface area (Å²) < 4.78 is 0. The summed E-state index contributed by atoms with van der Waals surface area (Å²) in [4.78, 5) is 63.2. The first-order valence-electron chi connectivity index (χ1n) is 9.81. The standard InChI is InChI=1S/C17H31N7O7S2/c18-8(6-32)13(27)24-11(7-33)15(29)22-9(2-1-5-21-17(19)20)14(28)23-10(16(30)31)3-4-12(25)26/h8-11,32-33H,1-7,18H2,(H,22,29)(H,23,28)(H,24,27)(H,25,26)(H,30,31)(H4,19,20,21). The summed E-state index contributed by atoms with van der Waals surface area (Å²) in [5.74, 6) is -5.18. The quantitative estimate of drug-likeness (QED) is 0.0427. The third-order valence-electron chi connectivity index (χ3n) is 4.19. The lowest BCUT2D eigenvalue weighted by molar-refractivity contribution is -0.143. The zero-order valence-corrected chi connectivity index (χ0v) is 19.6. The topological polar surface area (TPSA) is 252 Å². The van der Waals surface area contributed by atoms with Crippen LogP contribution in [0.2, 0.25) is 0 Å². The Kier molecular flexibility index (Phi) is 14.7. The molecule has 33 heavy (non-hydrogen) atoms. The van der Waals surface area contributed by atoms with E-state index in [4.69, 9.17) is 22.3 Å². The predicted octanol–water partition coefficient (Wildman–Crippen LogP) is -3.37. The van der Waals surface area contributed by atoms with Crippen LogP contribution < -0.4 is 33.2 Å². The van der Waals surface area contributed by atoms with Crippen molar-refractivity contribution in [2.75, 3.05) is 18.1 Å². The fourth-order valence-electron chi connectivity index (χ4n) is 2.40. The molecule has 0 saturated heterocycles. The molecule has 4 atom stereocenters. The summed E-state index contributed by atoms with van der Waals surface area (Å²) in [6, 6.07) is -4.81. The lowest BCUT2D eigenvalue weighted by Gasteiger charge is -2.24. The molecule has 0 fully saturated rings. The number of aliphatic imine (C=N–C) groups is 1. The van der Waals surface area contributed by atoms with Crippen molar-refractivity contribution >= 4 is 60.9 Å². The van der Waals surface area contributed by atoms with Gasteiger partial charge in [0.1, 0.15) is 18.1 Å². The molecule has 4 unspecified atom stereocenters. The highest BCUT2D eigenvalue weighted by Crippen LogP contribution is 2.04. The van der Waals surface area contributed by atoms with Crippen molar-refractivity contribution in [3.8, 4) is 0 Å². The van der Waals surface area contributed by atoms with E-state index >= 15 is 0 Å². The average Bonchev–Trinajstić information content (AvgIpc) is 2.75. The van der Waals surface area contributed by atoms with Gasteiger partial charge < -0.3 is 43.4 Å². The summed E-state index contributed by atoms with van der Waals surface area (Å²) in [6.45, 7) is 0.132. The van der Waals surface area contributed by atoms with Crippen LogP contribution in [0.15, 0.2) is 4.99 Å². The Labute approximate surface area is 201 Å². The summed E-state index contributed by atoms with van der Waals surface area (Å²) in [5.41, 5.74) is 16.1. The predicted molar refractivity (Wildman–Crippen MR) is 126 cm³/mol. The van der Waals surface area contributed by atoms with E-state index in [1.807, 2.05) is 0 Å². The zero-order chi connectivity index (χ0) is 25.6. The minimum absolute atomic E-state index is 0.0169. The second-order valence-corrected chi connectivity index (χ2v) is 7.60. The number of nitrogens with zero attached hydrogens (tertiary/aromatic N) is 1. The first-order chi connectivity index (χ1) is 15.4. The molecule has 0 aliphatic carbocycles. The Bertz CT molecular complexity index is 735. The molecule has 16 heteroatoms. The number of carbonyl (C=O) groups is 5. The first kappa shape index (κ1) is 30.3. The van der Waals surface area contributed by atoms with Crippen LogP contribution >= 0.6 is 25.3 Å². The molecule has 188 valence electrons. The molecule has 11 N–H and O–H groups in total. The lowest BCUT2D eigenvalue weighted by Crippen LogP contribution is -2.57. The Morgan fingerprint density at radius 1 is 0.818 bits per heavy atom. The molecule has 0 saturated carbocycles. The number of hydrogen-bond donors (Lipinski definition) is 10. The van der Waals surface area contributed by atoms with Crippen molar-refractivity contribution in [1.29, 1.82) is 0 Å². The largest absolute Gasteiger partial charge is 0.481 e. The number of carboxylic acids is 2. The van der Waals surface area contributed by atoms with Gasteiger partial charge in [-0.15, -0.1) is 0 Å². The number of amides is 3. The van der Waals surface area contributed by atoms with Crippen molar-refractivity contribution < 1.29 is 34.2 Å². The molecule has 14 nitrogen and oxygen atoms in total. The van der Waals surface area contributed by atoms with Gasteiger partial charge in [0.25, 0.3) is 0 Å². The van der Waals surface area contributed by atoms with Gasteiger partial charge in [0.2, 0.25) is 17.7 Å². The summed E-state index contributed by atoms with van der Waals surface area (Å²) >= 11 is 7.93. The van der Waals surface area contributed by atoms with Crippen molar-refractivity contribution in [2.45, 2.75) is 49.9 Å². The van der Waals surface area contributed by atoms with Crippen LogP contribution in [0.25, 0.3) is 0 Å². The van der Waals surface area contributed by atoms with E-state index in [-0.39, 0.29) is 43.3 Å². The second-order valence-electron chi connectivity index (χ2n) is 6.87. The van der Waals surface area contributed by atoms with Gasteiger partial charge in [-0.05, 0) is 19.3 Å². The van der Waals surface area contributed by atoms with E-state index in [1.165, 1.54) is 0 Å². The molecule has 0 radical (unpaired) electrons. The molecule has 0 aromatic heterocycles. The van der Waals surface area contributed by atoms with Gasteiger partial charge in [0.05, 0.1) is 6.04 Å². The normalized spacial score (nSPS) is 14.2. The van der Waals surface area contributed by atoms with Crippen LogP contribution in [0, 0.1) is 0 Å². The fourth-order valence-corrected chi connectivity index (χ4v) is 2.82. The number of nitrogens with two attached hydrogens (primary N) is 3. The molecular formula is C17H31N7O7S2. The van der Waals surface area contributed by atoms with Gasteiger partial charge in [-0.3, -0.25) is 24.2 Å². The summed E-state index contributed by atoms with van der Waals surface area (Å²) in [7, 11) is 0. The molecule has 0 aliphatic heterocycles. The fraction of sp³-hybridized carbons (Fsp3) is 0.647. The Balaban J connectivity index is 5.39. The van der Waals surface area contributed by atoms with Gasteiger partial charge in [-0.1, -0.05) is 0 Å². The van der Waals surface area contributed by atoms with Gasteiger partial charge in [0.15, 0.2) is 5.96 Å². The van der Waals surface area contributed by atoms with Gasteiger partial charge in [-0.2, -0.15) is 25.3 Å². The van der Waals surface area contributed by atoms with E-state index in [0.717, 1.165) is 0 Å². The van der Waals surface area contributed by atoms with Crippen LogP contribution in [0.3, 0.4) is 0 Å². The number of guanidine groups is 1. The van der Waals surface area contributed by atoms with Crippen molar-refractivity contribution in [1.82, 2.24) is 16.0 Å². The van der Waals surface area contributed by atoms with E-state index in [1.54, 1.807) is 0 Å². The monoisotopic (exact) mass is 509 g/mol. The highest BCUT2D eigenvalue weighted by Gasteiger charge is 2.29. The number of aliphatic carboxylic acids is 2. The minimum atomic E-state index is -1.49. The van der Waals surface area contributed by atoms with Crippen molar-refractivity contribution in [3.05, 3.63) is 0 Å². The van der Waals surface area contributed by atoms with E-state index < -0.39 is 60.2 Å². The maximum atomic E-state index is 12.7. The molecule has 3 amide bonds. The third kappa shape index (κ3) is 12.8. The molecular weight excluding hydrogens is 478 g/mol.